The summed E-state index contributed by atoms with van der Waals surface area (Å²) in [6.45, 7) is 3.65. The van der Waals surface area contributed by atoms with Crippen LogP contribution < -0.4 is 15.4 Å². The summed E-state index contributed by atoms with van der Waals surface area (Å²) in [5, 5.41) is 5.19. The maximum Gasteiger partial charge on any atom is 0.319 e. The molecule has 0 bridgehead atoms. The van der Waals surface area contributed by atoms with Crippen molar-refractivity contribution in [2.45, 2.75) is 31.3 Å². The van der Waals surface area contributed by atoms with Crippen LogP contribution >= 0.6 is 0 Å². The number of hydrogen-bond acceptors (Lipinski definition) is 4. The largest absolute Gasteiger partial charge is 0.468 e. The van der Waals surface area contributed by atoms with Crippen LogP contribution in [0.25, 0.3) is 0 Å². The number of amides is 2. The maximum atomic E-state index is 12.4. The molecule has 0 spiro atoms. The highest BCUT2D eigenvalue weighted by molar-refractivity contribution is 7.89. The molecule has 0 fully saturated rings. The zero-order valence-electron chi connectivity index (χ0n) is 12.9. The van der Waals surface area contributed by atoms with Crippen LogP contribution in [0.4, 0.5) is 10.5 Å². The molecule has 1 heterocycles. The number of carbonyl (C=O) groups is 1. The van der Waals surface area contributed by atoms with Crippen LogP contribution in [0.5, 0.6) is 0 Å². The SMILES string of the molecule is CC(C)NC(=O)Nc1ccccc1S(=O)(=O)NCc1ccco1. The molecule has 3 N–H and O–H groups in total. The summed E-state index contributed by atoms with van der Waals surface area (Å²) < 4.78 is 32.4. The quantitative estimate of drug-likeness (QED) is 0.753. The van der Waals surface area contributed by atoms with Crippen molar-refractivity contribution in [3.05, 3.63) is 48.4 Å². The number of anilines is 1. The second kappa shape index (κ2) is 7.30. The van der Waals surface area contributed by atoms with Gasteiger partial charge in [-0.1, -0.05) is 12.1 Å². The van der Waals surface area contributed by atoms with Crippen LogP contribution in [0.3, 0.4) is 0 Å². The lowest BCUT2D eigenvalue weighted by atomic mass is 10.3. The van der Waals surface area contributed by atoms with Crippen molar-refractivity contribution in [2.75, 3.05) is 5.32 Å². The molecule has 0 aliphatic heterocycles. The van der Waals surface area contributed by atoms with Gasteiger partial charge in [-0.15, -0.1) is 0 Å². The van der Waals surface area contributed by atoms with Gasteiger partial charge in [0.05, 0.1) is 18.5 Å². The number of rotatable bonds is 6. The summed E-state index contributed by atoms with van der Waals surface area (Å²) in [6.07, 6.45) is 1.47. The van der Waals surface area contributed by atoms with Crippen molar-refractivity contribution in [2.24, 2.45) is 0 Å². The number of furan rings is 1. The molecule has 0 aliphatic carbocycles. The third kappa shape index (κ3) is 4.83. The number of urea groups is 1. The Bertz CT molecular complexity index is 755. The number of nitrogens with one attached hydrogen (secondary N) is 3. The molecule has 1 aromatic heterocycles. The monoisotopic (exact) mass is 337 g/mol. The van der Waals surface area contributed by atoms with Crippen molar-refractivity contribution >= 4 is 21.7 Å². The van der Waals surface area contributed by atoms with E-state index < -0.39 is 16.1 Å². The first kappa shape index (κ1) is 17.0. The molecule has 0 atom stereocenters. The van der Waals surface area contributed by atoms with Crippen LogP contribution in [0.1, 0.15) is 19.6 Å². The minimum Gasteiger partial charge on any atom is -0.468 e. The minimum atomic E-state index is -3.79. The Kier molecular flexibility index (Phi) is 5.41. The van der Waals surface area contributed by atoms with Gasteiger partial charge in [0.15, 0.2) is 0 Å². The number of sulfonamides is 1. The number of para-hydroxylation sites is 1. The molecule has 2 rings (SSSR count). The van der Waals surface area contributed by atoms with E-state index in [0.717, 1.165) is 0 Å². The number of carbonyl (C=O) groups excluding carboxylic acids is 1. The van der Waals surface area contributed by atoms with Crippen LogP contribution in [0, 0.1) is 0 Å². The summed E-state index contributed by atoms with van der Waals surface area (Å²) in [7, 11) is -3.79. The summed E-state index contributed by atoms with van der Waals surface area (Å²) in [6, 6.07) is 9.02. The Morgan fingerprint density at radius 2 is 1.91 bits per heavy atom. The standard InChI is InChI=1S/C15H19N3O4S/c1-11(2)17-15(19)18-13-7-3-4-8-14(13)23(20,21)16-10-12-6-5-9-22-12/h3-9,11,16H,10H2,1-2H3,(H2,17,18,19). The zero-order valence-corrected chi connectivity index (χ0v) is 13.7. The lowest BCUT2D eigenvalue weighted by Gasteiger charge is -2.14. The number of hydrogen-bond donors (Lipinski definition) is 3. The van der Waals surface area contributed by atoms with Gasteiger partial charge in [0, 0.05) is 6.04 Å². The van der Waals surface area contributed by atoms with Crippen molar-refractivity contribution < 1.29 is 17.6 Å². The Morgan fingerprint density at radius 3 is 2.57 bits per heavy atom. The van der Waals surface area contributed by atoms with Crippen LogP contribution in [-0.4, -0.2) is 20.5 Å². The van der Waals surface area contributed by atoms with Crippen LogP contribution in [-0.2, 0) is 16.6 Å². The third-order valence-electron chi connectivity index (χ3n) is 2.86. The predicted octanol–water partition coefficient (Wildman–Crippen LogP) is 2.29. The molecule has 1 aromatic carbocycles. The molecular weight excluding hydrogens is 318 g/mol. The Morgan fingerprint density at radius 1 is 1.17 bits per heavy atom. The average molecular weight is 337 g/mol. The molecule has 7 nitrogen and oxygen atoms in total. The first-order valence-corrected chi connectivity index (χ1v) is 8.55. The lowest BCUT2D eigenvalue weighted by Crippen LogP contribution is -2.35. The van der Waals surface area contributed by atoms with Crippen molar-refractivity contribution in [3.8, 4) is 0 Å². The summed E-state index contributed by atoms with van der Waals surface area (Å²) in [4.78, 5) is 11.8. The van der Waals surface area contributed by atoms with Crippen LogP contribution in [0.15, 0.2) is 52.0 Å². The molecule has 0 saturated heterocycles. The zero-order chi connectivity index (χ0) is 16.9. The second-order valence-electron chi connectivity index (χ2n) is 5.15. The molecule has 124 valence electrons. The van der Waals surface area contributed by atoms with E-state index in [1.54, 1.807) is 24.3 Å². The molecule has 23 heavy (non-hydrogen) atoms. The summed E-state index contributed by atoms with van der Waals surface area (Å²) in [5.74, 6) is 0.497. The first-order valence-electron chi connectivity index (χ1n) is 7.07. The highest BCUT2D eigenvalue weighted by Gasteiger charge is 2.19. The first-order chi connectivity index (χ1) is 10.9. The topological polar surface area (TPSA) is 100 Å². The van der Waals surface area contributed by atoms with Gasteiger partial charge in [0.2, 0.25) is 10.0 Å². The molecule has 0 radical (unpaired) electrons. The van der Waals surface area contributed by atoms with Crippen molar-refractivity contribution in [1.82, 2.24) is 10.0 Å². The maximum absolute atomic E-state index is 12.4. The van der Waals surface area contributed by atoms with E-state index >= 15 is 0 Å². The molecule has 0 saturated carbocycles. The molecule has 2 aromatic rings. The second-order valence-corrected chi connectivity index (χ2v) is 6.89. The van der Waals surface area contributed by atoms with E-state index in [2.05, 4.69) is 15.4 Å². The van der Waals surface area contributed by atoms with Gasteiger partial charge in [0.25, 0.3) is 0 Å². The molecule has 2 amide bonds. The summed E-state index contributed by atoms with van der Waals surface area (Å²) in [5.41, 5.74) is 0.206. The van der Waals surface area contributed by atoms with E-state index in [9.17, 15) is 13.2 Å². The Hall–Kier alpha value is -2.32. The average Bonchev–Trinajstić information content (AvgIpc) is 2.98. The fourth-order valence-electron chi connectivity index (χ4n) is 1.88. The molecule has 8 heteroatoms. The molecule has 0 unspecified atom stereocenters. The van der Waals surface area contributed by atoms with Crippen molar-refractivity contribution in [1.29, 1.82) is 0 Å². The van der Waals surface area contributed by atoms with E-state index in [-0.39, 0.29) is 23.2 Å². The van der Waals surface area contributed by atoms with E-state index in [0.29, 0.717) is 5.76 Å². The van der Waals surface area contributed by atoms with E-state index in [1.807, 2.05) is 13.8 Å². The van der Waals surface area contributed by atoms with Gasteiger partial charge in [-0.05, 0) is 38.1 Å². The van der Waals surface area contributed by atoms with Crippen LogP contribution in [0.2, 0.25) is 0 Å². The smallest absolute Gasteiger partial charge is 0.319 e. The van der Waals surface area contributed by atoms with Gasteiger partial charge in [-0.2, -0.15) is 0 Å². The van der Waals surface area contributed by atoms with Crippen molar-refractivity contribution in [3.63, 3.8) is 0 Å². The van der Waals surface area contributed by atoms with Gasteiger partial charge < -0.3 is 15.1 Å². The highest BCUT2D eigenvalue weighted by atomic mass is 32.2. The van der Waals surface area contributed by atoms with E-state index in [1.165, 1.54) is 18.4 Å². The number of benzene rings is 1. The fourth-order valence-corrected chi connectivity index (χ4v) is 3.04. The Balaban J connectivity index is 2.16. The predicted molar refractivity (Wildman–Crippen MR) is 86.5 cm³/mol. The molecule has 0 aliphatic rings. The Labute approximate surface area is 135 Å². The summed E-state index contributed by atoms with van der Waals surface area (Å²) >= 11 is 0. The van der Waals surface area contributed by atoms with Gasteiger partial charge in [0.1, 0.15) is 10.7 Å². The van der Waals surface area contributed by atoms with Gasteiger partial charge in [-0.25, -0.2) is 17.9 Å². The fraction of sp³-hybridized carbons (Fsp3) is 0.267. The molecular formula is C15H19N3O4S. The minimum absolute atomic E-state index is 0.00883. The van der Waals surface area contributed by atoms with Gasteiger partial charge in [-0.3, -0.25) is 0 Å². The third-order valence-corrected chi connectivity index (χ3v) is 4.32. The van der Waals surface area contributed by atoms with Gasteiger partial charge >= 0.3 is 6.03 Å². The highest BCUT2D eigenvalue weighted by Crippen LogP contribution is 2.21. The normalized spacial score (nSPS) is 11.4. The van der Waals surface area contributed by atoms with E-state index in [4.69, 9.17) is 4.42 Å². The lowest BCUT2D eigenvalue weighted by molar-refractivity contribution is 0.250.